The number of thiazole rings is 1. The van der Waals surface area contributed by atoms with Crippen LogP contribution < -0.4 is 5.32 Å². The first kappa shape index (κ1) is 20.8. The summed E-state index contributed by atoms with van der Waals surface area (Å²) in [6, 6.07) is 22.7. The number of hydrogen-bond donors (Lipinski definition) is 1. The Morgan fingerprint density at radius 2 is 1.65 bits per heavy atom. The molecule has 0 radical (unpaired) electrons. The molecule has 0 fully saturated rings. The number of rotatable bonds is 7. The number of nitrogens with one attached hydrogen (secondary N) is 1. The van der Waals surface area contributed by atoms with Crippen LogP contribution in [0.25, 0.3) is 21.3 Å². The molecular formula is C25H22N2O3S. The van der Waals surface area contributed by atoms with E-state index in [0.717, 1.165) is 34.2 Å². The number of aromatic nitrogens is 1. The lowest BCUT2D eigenvalue weighted by Gasteiger charge is -2.04. The van der Waals surface area contributed by atoms with Crippen molar-refractivity contribution in [2.75, 3.05) is 11.9 Å². The Morgan fingerprint density at radius 3 is 2.39 bits per heavy atom. The van der Waals surface area contributed by atoms with Crippen molar-refractivity contribution in [3.63, 3.8) is 0 Å². The predicted octanol–water partition coefficient (Wildman–Crippen LogP) is 6.17. The average molecular weight is 431 g/mol. The minimum absolute atomic E-state index is 0.224. The molecule has 0 bridgehead atoms. The third-order valence-electron chi connectivity index (χ3n) is 4.83. The molecule has 1 amide bonds. The number of hydrogen-bond acceptors (Lipinski definition) is 5. The first-order valence-corrected chi connectivity index (χ1v) is 11.0. The highest BCUT2D eigenvalue weighted by Gasteiger charge is 2.13. The normalized spacial score (nSPS) is 10.7. The Balaban J connectivity index is 1.45. The lowest BCUT2D eigenvalue weighted by molar-refractivity contribution is 0.0500. The Bertz CT molecular complexity index is 1200. The molecule has 0 spiro atoms. The molecule has 6 heteroatoms. The van der Waals surface area contributed by atoms with Crippen molar-refractivity contribution in [1.82, 2.24) is 4.98 Å². The number of anilines is 1. The lowest BCUT2D eigenvalue weighted by Crippen LogP contribution is -2.11. The highest BCUT2D eigenvalue weighted by atomic mass is 32.1. The van der Waals surface area contributed by atoms with Crippen LogP contribution in [0.5, 0.6) is 0 Å². The number of ether oxygens (including phenoxy) is 1. The summed E-state index contributed by atoms with van der Waals surface area (Å²) in [6.45, 7) is 2.46. The van der Waals surface area contributed by atoms with E-state index in [1.807, 2.05) is 49.4 Å². The molecule has 4 aromatic rings. The number of carbonyl (C=O) groups is 2. The van der Waals surface area contributed by atoms with Crippen molar-refractivity contribution < 1.29 is 14.3 Å². The zero-order valence-corrected chi connectivity index (χ0v) is 17.9. The second-order valence-electron chi connectivity index (χ2n) is 7.09. The monoisotopic (exact) mass is 430 g/mol. The van der Waals surface area contributed by atoms with Crippen LogP contribution in [0.15, 0.2) is 72.8 Å². The Morgan fingerprint density at radius 1 is 0.935 bits per heavy atom. The van der Waals surface area contributed by atoms with E-state index < -0.39 is 0 Å². The number of fused-ring (bicyclic) bond motifs is 1. The van der Waals surface area contributed by atoms with Crippen molar-refractivity contribution in [2.45, 2.75) is 19.8 Å². The van der Waals surface area contributed by atoms with E-state index in [1.54, 1.807) is 30.3 Å². The highest BCUT2D eigenvalue weighted by Crippen LogP contribution is 2.28. The van der Waals surface area contributed by atoms with Gasteiger partial charge in [0, 0.05) is 5.56 Å². The molecule has 0 saturated carbocycles. The van der Waals surface area contributed by atoms with Crippen LogP contribution in [0.1, 0.15) is 40.5 Å². The van der Waals surface area contributed by atoms with Gasteiger partial charge in [-0.1, -0.05) is 67.1 Å². The standard InChI is InChI=1S/C25H22N2O3S/c1-2-3-15-30-24(29)20-13-14-21-22(16-20)31-25(26-21)27-23(28)19-11-9-18(10-12-19)17-7-5-4-6-8-17/h4-14,16H,2-3,15H2,1H3,(H,26,27,28). The van der Waals surface area contributed by atoms with Gasteiger partial charge in [-0.2, -0.15) is 0 Å². The molecule has 1 N–H and O–H groups in total. The molecule has 1 heterocycles. The van der Waals surface area contributed by atoms with Crippen LogP contribution in [0.4, 0.5) is 5.13 Å². The summed E-state index contributed by atoms with van der Waals surface area (Å²) in [6.07, 6.45) is 1.82. The van der Waals surface area contributed by atoms with E-state index in [9.17, 15) is 9.59 Å². The van der Waals surface area contributed by atoms with Crippen molar-refractivity contribution >= 4 is 38.6 Å². The Kier molecular flexibility index (Phi) is 6.38. The molecule has 0 saturated heterocycles. The van der Waals surface area contributed by atoms with E-state index in [1.165, 1.54) is 11.3 Å². The minimum atomic E-state index is -0.340. The topological polar surface area (TPSA) is 68.3 Å². The van der Waals surface area contributed by atoms with Gasteiger partial charge in [-0.05, 0) is 47.9 Å². The molecular weight excluding hydrogens is 408 g/mol. The number of unbranched alkanes of at least 4 members (excludes halogenated alkanes) is 1. The van der Waals surface area contributed by atoms with Gasteiger partial charge >= 0.3 is 5.97 Å². The number of amides is 1. The van der Waals surface area contributed by atoms with Gasteiger partial charge in [0.25, 0.3) is 5.91 Å². The maximum Gasteiger partial charge on any atom is 0.338 e. The van der Waals surface area contributed by atoms with Crippen LogP contribution in [-0.4, -0.2) is 23.5 Å². The summed E-state index contributed by atoms with van der Waals surface area (Å²) in [4.78, 5) is 29.3. The number of esters is 1. The van der Waals surface area contributed by atoms with Gasteiger partial charge in [0.15, 0.2) is 5.13 Å². The fraction of sp³-hybridized carbons (Fsp3) is 0.160. The minimum Gasteiger partial charge on any atom is -0.462 e. The van der Waals surface area contributed by atoms with E-state index in [2.05, 4.69) is 10.3 Å². The average Bonchev–Trinajstić information content (AvgIpc) is 3.21. The maximum absolute atomic E-state index is 12.6. The zero-order chi connectivity index (χ0) is 21.6. The van der Waals surface area contributed by atoms with Gasteiger partial charge in [-0.15, -0.1) is 0 Å². The van der Waals surface area contributed by atoms with Crippen LogP contribution in [0.2, 0.25) is 0 Å². The van der Waals surface area contributed by atoms with Gasteiger partial charge in [0.1, 0.15) is 0 Å². The van der Waals surface area contributed by atoms with Crippen LogP contribution >= 0.6 is 11.3 Å². The molecule has 1 aromatic heterocycles. The SMILES string of the molecule is CCCCOC(=O)c1ccc2nc(NC(=O)c3ccc(-c4ccccc4)cc3)sc2c1. The first-order chi connectivity index (χ1) is 15.1. The quantitative estimate of drug-likeness (QED) is 0.281. The Hall–Kier alpha value is -3.51. The maximum atomic E-state index is 12.6. The van der Waals surface area contributed by atoms with E-state index in [0.29, 0.717) is 22.9 Å². The molecule has 3 aromatic carbocycles. The number of benzene rings is 3. The summed E-state index contributed by atoms with van der Waals surface area (Å²) >= 11 is 1.33. The summed E-state index contributed by atoms with van der Waals surface area (Å²) in [5, 5.41) is 3.34. The molecule has 156 valence electrons. The number of nitrogens with zero attached hydrogens (tertiary/aromatic N) is 1. The van der Waals surface area contributed by atoms with Crippen LogP contribution in [-0.2, 0) is 4.74 Å². The molecule has 31 heavy (non-hydrogen) atoms. The van der Waals surface area contributed by atoms with Crippen molar-refractivity contribution in [3.05, 3.63) is 83.9 Å². The second kappa shape index (κ2) is 9.53. The molecule has 0 aliphatic carbocycles. The van der Waals surface area contributed by atoms with Gasteiger partial charge in [-0.25, -0.2) is 9.78 Å². The molecule has 0 aliphatic rings. The Labute approximate surface area is 184 Å². The third kappa shape index (κ3) is 4.98. The smallest absolute Gasteiger partial charge is 0.338 e. The van der Waals surface area contributed by atoms with Gasteiger partial charge in [0.05, 0.1) is 22.4 Å². The summed E-state index contributed by atoms with van der Waals surface area (Å²) in [7, 11) is 0. The third-order valence-corrected chi connectivity index (χ3v) is 5.76. The fourth-order valence-electron chi connectivity index (χ4n) is 3.11. The van der Waals surface area contributed by atoms with Crippen molar-refractivity contribution in [1.29, 1.82) is 0 Å². The van der Waals surface area contributed by atoms with Gasteiger partial charge < -0.3 is 4.74 Å². The second-order valence-corrected chi connectivity index (χ2v) is 8.12. The lowest BCUT2D eigenvalue weighted by atomic mass is 10.0. The van der Waals surface area contributed by atoms with Gasteiger partial charge in [-0.3, -0.25) is 10.1 Å². The largest absolute Gasteiger partial charge is 0.462 e. The van der Waals surface area contributed by atoms with E-state index in [-0.39, 0.29) is 11.9 Å². The summed E-state index contributed by atoms with van der Waals surface area (Å²) < 4.78 is 6.08. The van der Waals surface area contributed by atoms with E-state index in [4.69, 9.17) is 4.74 Å². The van der Waals surface area contributed by atoms with Crippen molar-refractivity contribution in [3.8, 4) is 11.1 Å². The van der Waals surface area contributed by atoms with Crippen LogP contribution in [0, 0.1) is 0 Å². The molecule has 4 rings (SSSR count). The van der Waals surface area contributed by atoms with Gasteiger partial charge in [0.2, 0.25) is 0 Å². The highest BCUT2D eigenvalue weighted by molar-refractivity contribution is 7.22. The van der Waals surface area contributed by atoms with Crippen molar-refractivity contribution in [2.24, 2.45) is 0 Å². The molecule has 0 aliphatic heterocycles. The summed E-state index contributed by atoms with van der Waals surface area (Å²) in [5.74, 6) is -0.564. The number of carbonyl (C=O) groups excluding carboxylic acids is 2. The zero-order valence-electron chi connectivity index (χ0n) is 17.1. The first-order valence-electron chi connectivity index (χ1n) is 10.2. The summed E-state index contributed by atoms with van der Waals surface area (Å²) in [5.41, 5.74) is 3.92. The van der Waals surface area contributed by atoms with Crippen LogP contribution in [0.3, 0.4) is 0 Å². The molecule has 0 atom stereocenters. The molecule has 0 unspecified atom stereocenters. The fourth-order valence-corrected chi connectivity index (χ4v) is 4.01. The van der Waals surface area contributed by atoms with E-state index >= 15 is 0 Å². The molecule has 5 nitrogen and oxygen atoms in total. The predicted molar refractivity (Wildman–Crippen MR) is 125 cm³/mol.